The van der Waals surface area contributed by atoms with E-state index in [4.69, 9.17) is 14.2 Å². The lowest BCUT2D eigenvalue weighted by atomic mass is 10.2. The van der Waals surface area contributed by atoms with Crippen LogP contribution in [0, 0.1) is 0 Å². The van der Waals surface area contributed by atoms with Crippen LogP contribution in [-0.4, -0.2) is 19.1 Å². The molecule has 5 nitrogen and oxygen atoms in total. The van der Waals surface area contributed by atoms with Crippen molar-refractivity contribution < 1.29 is 19.0 Å². The number of carbonyl (C=O) groups is 1. The Morgan fingerprint density at radius 3 is 2.32 bits per heavy atom. The van der Waals surface area contributed by atoms with Crippen molar-refractivity contribution in [2.24, 2.45) is 0 Å². The maximum Gasteiger partial charge on any atom is 0.265 e. The SMILES string of the molecule is COc1ccc(OC(C)C(=O)Nc2cccc(OCc3ccccc3)c2)cc1. The zero-order valence-corrected chi connectivity index (χ0v) is 15.9. The summed E-state index contributed by atoms with van der Waals surface area (Å²) in [5, 5.41) is 2.85. The molecule has 0 aliphatic heterocycles. The van der Waals surface area contributed by atoms with Crippen molar-refractivity contribution in [1.82, 2.24) is 0 Å². The number of amides is 1. The van der Waals surface area contributed by atoms with E-state index in [1.165, 1.54) is 0 Å². The van der Waals surface area contributed by atoms with Crippen molar-refractivity contribution in [2.75, 3.05) is 12.4 Å². The molecule has 0 spiro atoms. The number of rotatable bonds is 8. The largest absolute Gasteiger partial charge is 0.497 e. The van der Waals surface area contributed by atoms with Crippen LogP contribution in [0.15, 0.2) is 78.9 Å². The van der Waals surface area contributed by atoms with Gasteiger partial charge in [0.05, 0.1) is 7.11 Å². The molecule has 0 radical (unpaired) electrons. The molecule has 1 unspecified atom stereocenters. The summed E-state index contributed by atoms with van der Waals surface area (Å²) in [5.41, 5.74) is 1.74. The second-order valence-electron chi connectivity index (χ2n) is 6.23. The smallest absolute Gasteiger partial charge is 0.265 e. The number of hydrogen-bond donors (Lipinski definition) is 1. The number of nitrogens with one attached hydrogen (secondary N) is 1. The van der Waals surface area contributed by atoms with Crippen molar-refractivity contribution in [3.05, 3.63) is 84.4 Å². The van der Waals surface area contributed by atoms with Crippen LogP contribution < -0.4 is 19.5 Å². The van der Waals surface area contributed by atoms with E-state index in [1.807, 2.05) is 48.5 Å². The Balaban J connectivity index is 1.55. The zero-order valence-electron chi connectivity index (χ0n) is 15.9. The average molecular weight is 377 g/mol. The normalized spacial score (nSPS) is 11.4. The first-order valence-electron chi connectivity index (χ1n) is 9.02. The van der Waals surface area contributed by atoms with Gasteiger partial charge in [0.15, 0.2) is 6.10 Å². The van der Waals surface area contributed by atoms with Gasteiger partial charge in [-0.15, -0.1) is 0 Å². The van der Waals surface area contributed by atoms with Crippen molar-refractivity contribution in [1.29, 1.82) is 0 Å². The molecular weight excluding hydrogens is 354 g/mol. The minimum atomic E-state index is -0.651. The lowest BCUT2D eigenvalue weighted by Gasteiger charge is -2.15. The summed E-state index contributed by atoms with van der Waals surface area (Å²) in [6, 6.07) is 24.3. The summed E-state index contributed by atoms with van der Waals surface area (Å²) in [5.74, 6) is 1.78. The van der Waals surface area contributed by atoms with Crippen LogP contribution in [0.3, 0.4) is 0 Å². The Bertz CT molecular complexity index is 894. The Morgan fingerprint density at radius 1 is 0.893 bits per heavy atom. The molecule has 0 aliphatic rings. The lowest BCUT2D eigenvalue weighted by Crippen LogP contribution is -2.30. The van der Waals surface area contributed by atoms with Crippen LogP contribution >= 0.6 is 0 Å². The molecule has 0 saturated heterocycles. The fourth-order valence-electron chi connectivity index (χ4n) is 2.56. The van der Waals surface area contributed by atoms with Crippen LogP contribution in [0.1, 0.15) is 12.5 Å². The molecular formula is C23H23NO4. The maximum absolute atomic E-state index is 12.4. The van der Waals surface area contributed by atoms with Gasteiger partial charge in [0.1, 0.15) is 23.9 Å². The van der Waals surface area contributed by atoms with Crippen molar-refractivity contribution in [3.63, 3.8) is 0 Å². The van der Waals surface area contributed by atoms with Crippen LogP contribution in [0.2, 0.25) is 0 Å². The van der Waals surface area contributed by atoms with Crippen LogP contribution in [0.25, 0.3) is 0 Å². The van der Waals surface area contributed by atoms with E-state index in [2.05, 4.69) is 5.32 Å². The lowest BCUT2D eigenvalue weighted by molar-refractivity contribution is -0.122. The standard InChI is InChI=1S/C23H23NO4/c1-17(28-21-13-11-20(26-2)12-14-21)23(25)24-19-9-6-10-22(15-19)27-16-18-7-4-3-5-8-18/h3-15,17H,16H2,1-2H3,(H,24,25). The minimum absolute atomic E-state index is 0.240. The molecule has 0 fully saturated rings. The van der Waals surface area contributed by atoms with Gasteiger partial charge >= 0.3 is 0 Å². The number of hydrogen-bond acceptors (Lipinski definition) is 4. The van der Waals surface area contributed by atoms with Gasteiger partial charge in [-0.2, -0.15) is 0 Å². The molecule has 3 aromatic rings. The molecule has 5 heteroatoms. The van der Waals surface area contributed by atoms with Gasteiger partial charge in [-0.3, -0.25) is 4.79 Å². The third-order valence-electron chi connectivity index (χ3n) is 4.09. The van der Waals surface area contributed by atoms with Gasteiger partial charge in [-0.25, -0.2) is 0 Å². The van der Waals surface area contributed by atoms with E-state index in [1.54, 1.807) is 44.4 Å². The van der Waals surface area contributed by atoms with E-state index in [0.717, 1.165) is 11.3 Å². The van der Waals surface area contributed by atoms with Crippen molar-refractivity contribution in [3.8, 4) is 17.2 Å². The van der Waals surface area contributed by atoms with Crippen LogP contribution in [-0.2, 0) is 11.4 Å². The van der Waals surface area contributed by atoms with Gasteiger partial charge in [0.25, 0.3) is 5.91 Å². The van der Waals surface area contributed by atoms with Gasteiger partial charge in [-0.1, -0.05) is 36.4 Å². The van der Waals surface area contributed by atoms with Gasteiger partial charge in [0.2, 0.25) is 0 Å². The first kappa shape index (κ1) is 19.3. The number of carbonyl (C=O) groups excluding carboxylic acids is 1. The van der Waals surface area contributed by atoms with E-state index in [-0.39, 0.29) is 5.91 Å². The average Bonchev–Trinajstić information content (AvgIpc) is 2.74. The molecule has 3 aromatic carbocycles. The van der Waals surface area contributed by atoms with E-state index >= 15 is 0 Å². The molecule has 3 rings (SSSR count). The van der Waals surface area contributed by atoms with E-state index < -0.39 is 6.10 Å². The van der Waals surface area contributed by atoms with Crippen LogP contribution in [0.5, 0.6) is 17.2 Å². The molecule has 0 heterocycles. The Hall–Kier alpha value is -3.47. The number of methoxy groups -OCH3 is 1. The Kier molecular flexibility index (Phi) is 6.52. The molecule has 144 valence electrons. The molecule has 1 N–H and O–H groups in total. The third-order valence-corrected chi connectivity index (χ3v) is 4.09. The molecule has 1 atom stereocenters. The van der Waals surface area contributed by atoms with Crippen molar-refractivity contribution >= 4 is 11.6 Å². The summed E-state index contributed by atoms with van der Waals surface area (Å²) in [6.07, 6.45) is -0.651. The van der Waals surface area contributed by atoms with E-state index in [0.29, 0.717) is 23.8 Å². The summed E-state index contributed by atoms with van der Waals surface area (Å²) in [7, 11) is 1.60. The zero-order chi connectivity index (χ0) is 19.8. The summed E-state index contributed by atoms with van der Waals surface area (Å²) < 4.78 is 16.6. The fraction of sp³-hybridized carbons (Fsp3) is 0.174. The number of anilines is 1. The van der Waals surface area contributed by atoms with Gasteiger partial charge in [-0.05, 0) is 48.9 Å². The third kappa shape index (κ3) is 5.51. The fourth-order valence-corrected chi connectivity index (χ4v) is 2.56. The molecule has 0 bridgehead atoms. The highest BCUT2D eigenvalue weighted by atomic mass is 16.5. The molecule has 28 heavy (non-hydrogen) atoms. The Labute approximate surface area is 164 Å². The number of ether oxygens (including phenoxy) is 3. The Morgan fingerprint density at radius 2 is 1.61 bits per heavy atom. The molecule has 1 amide bonds. The minimum Gasteiger partial charge on any atom is -0.497 e. The molecule has 0 saturated carbocycles. The second kappa shape index (κ2) is 9.46. The first-order chi connectivity index (χ1) is 13.6. The second-order valence-corrected chi connectivity index (χ2v) is 6.23. The van der Waals surface area contributed by atoms with Crippen LogP contribution in [0.4, 0.5) is 5.69 Å². The summed E-state index contributed by atoms with van der Waals surface area (Å²) in [4.78, 5) is 12.4. The van der Waals surface area contributed by atoms with Crippen molar-refractivity contribution in [2.45, 2.75) is 19.6 Å². The topological polar surface area (TPSA) is 56.8 Å². The highest BCUT2D eigenvalue weighted by Crippen LogP contribution is 2.21. The maximum atomic E-state index is 12.4. The summed E-state index contributed by atoms with van der Waals surface area (Å²) >= 11 is 0. The highest BCUT2D eigenvalue weighted by Gasteiger charge is 2.15. The molecule has 0 aromatic heterocycles. The quantitative estimate of drug-likeness (QED) is 0.619. The highest BCUT2D eigenvalue weighted by molar-refractivity contribution is 5.94. The number of benzene rings is 3. The van der Waals surface area contributed by atoms with Gasteiger partial charge < -0.3 is 19.5 Å². The summed E-state index contributed by atoms with van der Waals surface area (Å²) in [6.45, 7) is 2.17. The monoisotopic (exact) mass is 377 g/mol. The predicted octanol–water partition coefficient (Wildman–Crippen LogP) is 4.68. The van der Waals surface area contributed by atoms with Gasteiger partial charge in [0, 0.05) is 11.8 Å². The predicted molar refractivity (Wildman–Crippen MR) is 109 cm³/mol. The van der Waals surface area contributed by atoms with E-state index in [9.17, 15) is 4.79 Å². The molecule has 0 aliphatic carbocycles. The first-order valence-corrected chi connectivity index (χ1v) is 9.02.